The van der Waals surface area contributed by atoms with E-state index in [1.165, 1.54) is 10.9 Å². The third-order valence-electron chi connectivity index (χ3n) is 15.7. The second kappa shape index (κ2) is 28.3. The average Bonchev–Trinajstić information content (AvgIpc) is 4.26. The maximum atomic E-state index is 14.3. The van der Waals surface area contributed by atoms with Gasteiger partial charge in [-0.3, -0.25) is 28.9 Å². The van der Waals surface area contributed by atoms with Gasteiger partial charge in [0, 0.05) is 118 Å². The maximum Gasteiger partial charge on any atom is 0.312 e. The number of likely N-dealkylation sites (N-methyl/N-ethyl adjacent to an activating group) is 1. The number of primary amides is 1. The molecular formula is C61H78Cl2N10O7. The van der Waals surface area contributed by atoms with E-state index in [-0.39, 0.29) is 74.3 Å². The minimum atomic E-state index is -0.992. The highest BCUT2D eigenvalue weighted by Gasteiger charge is 2.37. The summed E-state index contributed by atoms with van der Waals surface area (Å²) < 4.78 is 6.56. The average molecular weight is 1130 g/mol. The summed E-state index contributed by atoms with van der Waals surface area (Å²) in [7, 11) is 2.16. The number of rotatable bonds is 26. The van der Waals surface area contributed by atoms with Gasteiger partial charge in [-0.05, 0) is 108 Å². The molecule has 8 N–H and O–H groups in total. The first-order valence-corrected chi connectivity index (χ1v) is 29.3. The van der Waals surface area contributed by atoms with Crippen molar-refractivity contribution in [3.8, 4) is 5.75 Å². The van der Waals surface area contributed by atoms with Crippen molar-refractivity contribution in [3.05, 3.63) is 107 Å². The SMILES string of the molecule is CC(C)[C@H](NC(=O)CCCCCN)C(=O)N[C@@H](CCCNC(N)=O)C(=O)Nc1ccc(COc2cc3c(c4ccccc24)[C@H](CCl)CN3C(=O)CCCC(=O)N2C[C@@H](CCl)c3c2cc(CN2CCN(C)CC2)c2ccccc32)cc1. The number of fused-ring (bicyclic) bond motifs is 6. The number of nitrogens with zero attached hydrogens (tertiary/aromatic N) is 4. The Morgan fingerprint density at radius 2 is 1.29 bits per heavy atom. The monoisotopic (exact) mass is 1130 g/mol. The predicted octanol–water partition coefficient (Wildman–Crippen LogP) is 8.06. The lowest BCUT2D eigenvalue weighted by Gasteiger charge is -2.33. The van der Waals surface area contributed by atoms with Crippen LogP contribution in [0.5, 0.6) is 5.75 Å². The van der Waals surface area contributed by atoms with E-state index in [1.807, 2.05) is 61.2 Å². The van der Waals surface area contributed by atoms with Gasteiger partial charge in [0.1, 0.15) is 24.4 Å². The summed E-state index contributed by atoms with van der Waals surface area (Å²) >= 11 is 13.3. The Balaban J connectivity index is 0.915. The van der Waals surface area contributed by atoms with Crippen LogP contribution in [0.2, 0.25) is 0 Å². The lowest BCUT2D eigenvalue weighted by molar-refractivity contribution is -0.132. The van der Waals surface area contributed by atoms with Crippen LogP contribution in [-0.2, 0) is 37.1 Å². The van der Waals surface area contributed by atoms with Gasteiger partial charge in [0.15, 0.2) is 0 Å². The lowest BCUT2D eigenvalue weighted by Crippen LogP contribution is -2.54. The first kappa shape index (κ1) is 59.6. The van der Waals surface area contributed by atoms with E-state index in [1.54, 1.807) is 17.0 Å². The molecule has 4 atom stereocenters. The van der Waals surface area contributed by atoms with Crippen LogP contribution in [0.4, 0.5) is 21.9 Å². The molecule has 1 fully saturated rings. The molecule has 5 aromatic rings. The Labute approximate surface area is 479 Å². The van der Waals surface area contributed by atoms with Crippen molar-refractivity contribution < 1.29 is 33.5 Å². The molecule has 3 aliphatic heterocycles. The van der Waals surface area contributed by atoms with Gasteiger partial charge in [0.2, 0.25) is 29.5 Å². The molecule has 0 bridgehead atoms. The molecule has 7 amide bonds. The molecule has 0 unspecified atom stereocenters. The molecule has 80 heavy (non-hydrogen) atoms. The van der Waals surface area contributed by atoms with Crippen molar-refractivity contribution >= 4 is 97.4 Å². The summed E-state index contributed by atoms with van der Waals surface area (Å²) in [5.41, 5.74) is 17.1. The molecule has 17 nitrogen and oxygen atoms in total. The second-order valence-corrected chi connectivity index (χ2v) is 22.5. The van der Waals surface area contributed by atoms with Crippen molar-refractivity contribution in [2.75, 3.05) is 86.3 Å². The third-order valence-corrected chi connectivity index (χ3v) is 16.5. The largest absolute Gasteiger partial charge is 0.488 e. The Hall–Kier alpha value is -6.50. The van der Waals surface area contributed by atoms with Gasteiger partial charge in [-0.15, -0.1) is 23.2 Å². The van der Waals surface area contributed by atoms with Gasteiger partial charge in [-0.25, -0.2) is 4.79 Å². The molecule has 3 aliphatic rings. The molecule has 0 aromatic heterocycles. The molecule has 3 heterocycles. The van der Waals surface area contributed by atoms with Gasteiger partial charge in [-0.2, -0.15) is 0 Å². The fourth-order valence-corrected chi connectivity index (χ4v) is 11.8. The number of amides is 7. The van der Waals surface area contributed by atoms with Crippen molar-refractivity contribution in [1.29, 1.82) is 0 Å². The van der Waals surface area contributed by atoms with E-state index < -0.39 is 29.9 Å². The van der Waals surface area contributed by atoms with E-state index >= 15 is 0 Å². The number of nitrogens with two attached hydrogens (primary N) is 2. The number of alkyl halides is 2. The van der Waals surface area contributed by atoms with Crippen LogP contribution in [0.15, 0.2) is 84.9 Å². The third kappa shape index (κ3) is 14.7. The molecule has 8 rings (SSSR count). The summed E-state index contributed by atoms with van der Waals surface area (Å²) in [6.07, 6.45) is 3.80. The zero-order chi connectivity index (χ0) is 56.9. The number of piperazine rings is 1. The molecule has 0 aliphatic carbocycles. The van der Waals surface area contributed by atoms with Crippen LogP contribution in [0.3, 0.4) is 0 Å². The Morgan fingerprint density at radius 1 is 0.688 bits per heavy atom. The van der Waals surface area contributed by atoms with Crippen LogP contribution >= 0.6 is 23.2 Å². The van der Waals surface area contributed by atoms with Crippen molar-refractivity contribution in [2.24, 2.45) is 17.4 Å². The number of halogens is 2. The highest BCUT2D eigenvalue weighted by atomic mass is 35.5. The van der Waals surface area contributed by atoms with Crippen LogP contribution in [0.25, 0.3) is 21.5 Å². The zero-order valence-electron chi connectivity index (χ0n) is 46.4. The molecule has 19 heteroatoms. The van der Waals surface area contributed by atoms with E-state index in [4.69, 9.17) is 39.4 Å². The number of carbonyl (C=O) groups excluding carboxylic acids is 6. The van der Waals surface area contributed by atoms with Crippen molar-refractivity contribution in [3.63, 3.8) is 0 Å². The normalized spacial score (nSPS) is 17.0. The highest BCUT2D eigenvalue weighted by molar-refractivity contribution is 6.19. The summed E-state index contributed by atoms with van der Waals surface area (Å²) in [6.45, 7) is 10.3. The highest BCUT2D eigenvalue weighted by Crippen LogP contribution is 2.47. The van der Waals surface area contributed by atoms with Crippen molar-refractivity contribution in [2.45, 2.75) is 109 Å². The first-order chi connectivity index (χ1) is 38.7. The van der Waals surface area contributed by atoms with Gasteiger partial charge in [-0.1, -0.05) is 80.9 Å². The summed E-state index contributed by atoms with van der Waals surface area (Å²) in [5, 5.41) is 15.3. The minimum Gasteiger partial charge on any atom is -0.488 e. The van der Waals surface area contributed by atoms with Crippen molar-refractivity contribution in [1.82, 2.24) is 25.8 Å². The van der Waals surface area contributed by atoms with E-state index in [0.717, 1.165) is 89.8 Å². The number of benzene rings is 5. The molecule has 428 valence electrons. The lowest BCUT2D eigenvalue weighted by atomic mass is 9.92. The number of nitrogens with one attached hydrogen (secondary N) is 4. The van der Waals surface area contributed by atoms with E-state index in [2.05, 4.69) is 68.4 Å². The smallest absolute Gasteiger partial charge is 0.312 e. The molecule has 1 saturated heterocycles. The number of ether oxygens (including phenoxy) is 1. The summed E-state index contributed by atoms with van der Waals surface area (Å²) in [5.74, 6) is -0.400. The van der Waals surface area contributed by atoms with Gasteiger partial charge < -0.3 is 52.2 Å². The van der Waals surface area contributed by atoms with Gasteiger partial charge in [0.25, 0.3) is 0 Å². The van der Waals surface area contributed by atoms with E-state index in [0.29, 0.717) is 62.1 Å². The molecule has 0 saturated carbocycles. The predicted molar refractivity (Wildman–Crippen MR) is 319 cm³/mol. The number of urea groups is 1. The number of hydrogen-bond donors (Lipinski definition) is 6. The topological polar surface area (TPSA) is 225 Å². The molecule has 0 radical (unpaired) electrons. The Bertz CT molecular complexity index is 3010. The molecule has 5 aromatic carbocycles. The summed E-state index contributed by atoms with van der Waals surface area (Å²) in [4.78, 5) is 88.7. The standard InChI is InChI=1S/C61H78Cl2N10O7/c1-39(2)58(69-53(74)18-5-4-10-25-64)60(78)68-49(17-12-26-66-61(65)79)59(77)67-44-23-21-40(22-24-44)38-80-52-32-51-57(48-16-9-7-14-46(48)52)43(34-63)37-73(51)55(76)20-11-19-54(75)72-36-42(33-62)56-47-15-8-6-13-45(47)41(31-50(56)72)35-71-29-27-70(3)28-30-71/h6-9,13-16,21-24,31-32,39,42-43,49,58H,4-5,10-12,17-20,25-30,33-38,64H2,1-3H3,(H,67,77)(H,68,78)(H,69,74)(H3,65,66,79)/t42-,43-,49+,58+/m1/s1. The minimum absolute atomic E-state index is 0.00222. The summed E-state index contributed by atoms with van der Waals surface area (Å²) in [6, 6.07) is 25.1. The number of unbranched alkanes of at least 4 members (excludes halogenated alkanes) is 2. The number of carbonyl (C=O) groups is 6. The Morgan fingerprint density at radius 3 is 1.89 bits per heavy atom. The molecular weight excluding hydrogens is 1060 g/mol. The van der Waals surface area contributed by atoms with Gasteiger partial charge >= 0.3 is 6.03 Å². The quantitative estimate of drug-likeness (QED) is 0.0231. The van der Waals surface area contributed by atoms with Crippen LogP contribution < -0.4 is 47.3 Å². The number of hydrogen-bond acceptors (Lipinski definition) is 10. The second-order valence-electron chi connectivity index (χ2n) is 21.9. The Kier molecular flexibility index (Phi) is 21.1. The van der Waals surface area contributed by atoms with E-state index in [9.17, 15) is 28.8 Å². The zero-order valence-corrected chi connectivity index (χ0v) is 47.9. The maximum absolute atomic E-state index is 14.3. The number of anilines is 3. The fourth-order valence-electron chi connectivity index (χ4n) is 11.3. The fraction of sp³-hybridized carbons (Fsp3) is 0.475. The first-order valence-electron chi connectivity index (χ1n) is 28.3. The van der Waals surface area contributed by atoms with Crippen LogP contribution in [0.1, 0.15) is 106 Å². The van der Waals surface area contributed by atoms with Crippen LogP contribution in [0, 0.1) is 5.92 Å². The molecule has 0 spiro atoms. The van der Waals surface area contributed by atoms with Crippen LogP contribution in [-0.4, -0.2) is 129 Å². The van der Waals surface area contributed by atoms with Gasteiger partial charge in [0.05, 0.1) is 5.69 Å².